The molecule has 0 amide bonds. The van der Waals surface area contributed by atoms with E-state index in [-0.39, 0.29) is 11.5 Å². The second kappa shape index (κ2) is 4.39. The lowest BCUT2D eigenvalue weighted by Gasteiger charge is -2.43. The molecule has 1 heterocycles. The maximum absolute atomic E-state index is 10.5. The summed E-state index contributed by atoms with van der Waals surface area (Å²) in [5, 5.41) is 10.5. The third-order valence-electron chi connectivity index (χ3n) is 4.15. The van der Waals surface area contributed by atoms with Gasteiger partial charge in [-0.25, -0.2) is 0 Å². The number of aliphatic hydroxyl groups excluding tert-OH is 1. The average molecular weight is 253 g/mol. The van der Waals surface area contributed by atoms with E-state index in [1.165, 1.54) is 11.3 Å². The van der Waals surface area contributed by atoms with Gasteiger partial charge in [-0.15, -0.1) is 0 Å². The van der Waals surface area contributed by atoms with Crippen molar-refractivity contribution >= 4 is 11.4 Å². The molecule has 2 heteroatoms. The van der Waals surface area contributed by atoms with Gasteiger partial charge < -0.3 is 10.0 Å². The molecule has 0 radical (unpaired) electrons. The minimum Gasteiger partial charge on any atom is -0.390 e. The minimum atomic E-state index is -0.373. The van der Waals surface area contributed by atoms with E-state index in [9.17, 15) is 5.11 Å². The van der Waals surface area contributed by atoms with Gasteiger partial charge in [0, 0.05) is 23.3 Å². The topological polar surface area (TPSA) is 23.5 Å². The van der Waals surface area contributed by atoms with Crippen molar-refractivity contribution in [3.63, 3.8) is 0 Å². The Morgan fingerprint density at radius 3 is 2.37 bits per heavy atom. The molecule has 1 N–H and O–H groups in total. The fraction of sp³-hybridized carbons (Fsp3) is 0.294. The monoisotopic (exact) mass is 253 g/mol. The lowest BCUT2D eigenvalue weighted by molar-refractivity contribution is 0.102. The first kappa shape index (κ1) is 12.2. The second-order valence-corrected chi connectivity index (χ2v) is 5.70. The summed E-state index contributed by atoms with van der Waals surface area (Å²) in [6, 6.07) is 18.6. The van der Waals surface area contributed by atoms with Crippen molar-refractivity contribution in [3.05, 3.63) is 60.2 Å². The molecule has 0 spiro atoms. The molecule has 0 saturated carbocycles. The Hall–Kier alpha value is -1.80. The summed E-state index contributed by atoms with van der Waals surface area (Å²) in [5.74, 6) is 0. The molecule has 2 aromatic carbocycles. The first-order chi connectivity index (χ1) is 9.10. The Bertz CT molecular complexity index is 577. The van der Waals surface area contributed by atoms with Gasteiger partial charge in [0.1, 0.15) is 0 Å². The summed E-state index contributed by atoms with van der Waals surface area (Å²) in [4.78, 5) is 2.20. The molecular weight excluding hydrogens is 234 g/mol. The molecule has 1 aliphatic rings. The number of anilines is 2. The summed E-state index contributed by atoms with van der Waals surface area (Å²) in [6.45, 7) is 4.85. The number of nitrogens with zero attached hydrogens (tertiary/aromatic N) is 1. The van der Waals surface area contributed by atoms with Gasteiger partial charge in [-0.05, 0) is 23.8 Å². The molecule has 0 saturated heterocycles. The number of rotatable bonds is 1. The van der Waals surface area contributed by atoms with Crippen molar-refractivity contribution in [2.24, 2.45) is 0 Å². The molecule has 3 rings (SSSR count). The second-order valence-electron chi connectivity index (χ2n) is 5.70. The minimum absolute atomic E-state index is 0.206. The summed E-state index contributed by atoms with van der Waals surface area (Å²) < 4.78 is 0. The van der Waals surface area contributed by atoms with Crippen molar-refractivity contribution in [2.75, 3.05) is 11.4 Å². The Labute approximate surface area is 114 Å². The zero-order chi connectivity index (χ0) is 13.5. The van der Waals surface area contributed by atoms with Crippen LogP contribution >= 0.6 is 0 Å². The summed E-state index contributed by atoms with van der Waals surface area (Å²) in [7, 11) is 0. The molecule has 0 bridgehead atoms. The molecule has 0 fully saturated rings. The smallest absolute Gasteiger partial charge is 0.0811 e. The zero-order valence-corrected chi connectivity index (χ0v) is 11.4. The quantitative estimate of drug-likeness (QED) is 0.841. The summed E-state index contributed by atoms with van der Waals surface area (Å²) in [5.41, 5.74) is 3.33. The van der Waals surface area contributed by atoms with Crippen LogP contribution in [0.3, 0.4) is 0 Å². The molecule has 19 heavy (non-hydrogen) atoms. The number of hydrogen-bond donors (Lipinski definition) is 1. The van der Waals surface area contributed by atoms with Crippen LogP contribution in [-0.2, 0) is 5.41 Å². The van der Waals surface area contributed by atoms with Gasteiger partial charge in [0.05, 0.1) is 6.10 Å². The number of hydrogen-bond acceptors (Lipinski definition) is 2. The van der Waals surface area contributed by atoms with E-state index < -0.39 is 0 Å². The van der Waals surface area contributed by atoms with Crippen molar-refractivity contribution in [2.45, 2.75) is 25.4 Å². The average Bonchev–Trinajstić information content (AvgIpc) is 2.44. The van der Waals surface area contributed by atoms with Crippen LogP contribution in [0.25, 0.3) is 0 Å². The van der Waals surface area contributed by atoms with Crippen LogP contribution in [-0.4, -0.2) is 17.8 Å². The highest BCUT2D eigenvalue weighted by Gasteiger charge is 2.38. The fourth-order valence-electron chi connectivity index (χ4n) is 2.79. The van der Waals surface area contributed by atoms with E-state index in [2.05, 4.69) is 49.1 Å². The molecular formula is C17H19NO. The molecule has 0 aliphatic carbocycles. The number of β-amino-alcohol motifs (C(OH)–C–C–N with tert-alkyl or cyclic N) is 1. The standard InChI is InChI=1S/C17H19NO/c1-17(2)14-10-6-7-11-15(14)18(12-16(17)19)13-8-4-3-5-9-13/h3-11,16,19H,12H2,1-2H3. The van der Waals surface area contributed by atoms with E-state index in [0.717, 1.165) is 5.69 Å². The van der Waals surface area contributed by atoms with Crippen LogP contribution < -0.4 is 4.90 Å². The highest BCUT2D eigenvalue weighted by Crippen LogP contribution is 2.42. The van der Waals surface area contributed by atoms with Crippen LogP contribution in [0.1, 0.15) is 19.4 Å². The van der Waals surface area contributed by atoms with E-state index in [0.29, 0.717) is 6.54 Å². The molecule has 1 unspecified atom stereocenters. The largest absolute Gasteiger partial charge is 0.390 e. The SMILES string of the molecule is CC1(C)c2ccccc2N(c2ccccc2)CC1O. The zero-order valence-electron chi connectivity index (χ0n) is 11.4. The van der Waals surface area contributed by atoms with Crippen LogP contribution in [0.15, 0.2) is 54.6 Å². The predicted octanol–water partition coefficient (Wildman–Crippen LogP) is 3.48. The molecule has 2 nitrogen and oxygen atoms in total. The number of para-hydroxylation sites is 2. The van der Waals surface area contributed by atoms with Crippen LogP contribution in [0, 0.1) is 0 Å². The van der Waals surface area contributed by atoms with Crippen molar-refractivity contribution in [3.8, 4) is 0 Å². The van der Waals surface area contributed by atoms with Gasteiger partial charge >= 0.3 is 0 Å². The van der Waals surface area contributed by atoms with Gasteiger partial charge in [0.15, 0.2) is 0 Å². The normalized spacial score (nSPS) is 21.0. The number of fused-ring (bicyclic) bond motifs is 1. The number of aliphatic hydroxyl groups is 1. The van der Waals surface area contributed by atoms with Gasteiger partial charge in [-0.3, -0.25) is 0 Å². The molecule has 0 aromatic heterocycles. The van der Waals surface area contributed by atoms with E-state index in [1.807, 2.05) is 24.3 Å². The lowest BCUT2D eigenvalue weighted by atomic mass is 9.75. The van der Waals surface area contributed by atoms with Crippen molar-refractivity contribution in [1.29, 1.82) is 0 Å². The van der Waals surface area contributed by atoms with Gasteiger partial charge in [0.2, 0.25) is 0 Å². The van der Waals surface area contributed by atoms with Crippen LogP contribution in [0.5, 0.6) is 0 Å². The first-order valence-corrected chi connectivity index (χ1v) is 6.71. The summed E-state index contributed by atoms with van der Waals surface area (Å²) in [6.07, 6.45) is -0.373. The lowest BCUT2D eigenvalue weighted by Crippen LogP contribution is -2.47. The first-order valence-electron chi connectivity index (χ1n) is 6.71. The summed E-state index contributed by atoms with van der Waals surface area (Å²) >= 11 is 0. The molecule has 1 aliphatic heterocycles. The van der Waals surface area contributed by atoms with Crippen LogP contribution in [0.2, 0.25) is 0 Å². The van der Waals surface area contributed by atoms with Gasteiger partial charge in [-0.1, -0.05) is 50.2 Å². The molecule has 98 valence electrons. The van der Waals surface area contributed by atoms with E-state index in [1.54, 1.807) is 0 Å². The third kappa shape index (κ3) is 1.92. The van der Waals surface area contributed by atoms with E-state index in [4.69, 9.17) is 0 Å². The molecule has 1 atom stereocenters. The highest BCUT2D eigenvalue weighted by atomic mass is 16.3. The Morgan fingerprint density at radius 1 is 1.00 bits per heavy atom. The Morgan fingerprint density at radius 2 is 1.63 bits per heavy atom. The highest BCUT2D eigenvalue weighted by molar-refractivity contribution is 5.70. The van der Waals surface area contributed by atoms with Gasteiger partial charge in [-0.2, -0.15) is 0 Å². The Balaban J connectivity index is 2.14. The fourth-order valence-corrected chi connectivity index (χ4v) is 2.79. The van der Waals surface area contributed by atoms with Crippen LogP contribution in [0.4, 0.5) is 11.4 Å². The van der Waals surface area contributed by atoms with Crippen molar-refractivity contribution < 1.29 is 5.11 Å². The predicted molar refractivity (Wildman–Crippen MR) is 78.9 cm³/mol. The van der Waals surface area contributed by atoms with Crippen molar-refractivity contribution in [1.82, 2.24) is 0 Å². The van der Waals surface area contributed by atoms with E-state index >= 15 is 0 Å². The maximum atomic E-state index is 10.5. The Kier molecular flexibility index (Phi) is 2.83. The third-order valence-corrected chi connectivity index (χ3v) is 4.15. The van der Waals surface area contributed by atoms with Gasteiger partial charge in [0.25, 0.3) is 0 Å². The maximum Gasteiger partial charge on any atom is 0.0811 e. The number of benzene rings is 2. The molecule has 2 aromatic rings.